The summed E-state index contributed by atoms with van der Waals surface area (Å²) in [7, 11) is 2.12. The first-order valence-corrected chi connectivity index (χ1v) is 49.2. The third kappa shape index (κ3) is 42.0. The van der Waals surface area contributed by atoms with Crippen LogP contribution in [0.25, 0.3) is 65.7 Å². The van der Waals surface area contributed by atoms with Crippen molar-refractivity contribution < 1.29 is 4.74 Å². The van der Waals surface area contributed by atoms with Gasteiger partial charge in [0.25, 0.3) is 0 Å². The lowest BCUT2D eigenvalue weighted by Crippen LogP contribution is -2.15. The second kappa shape index (κ2) is 83.3. The Kier molecular flexibility index (Phi) is 75.8. The van der Waals surface area contributed by atoms with E-state index in [9.17, 15) is 0 Å². The molecule has 12 aromatic carbocycles. The van der Waals surface area contributed by atoms with Crippen LogP contribution in [0.2, 0.25) is 0 Å². The molecule has 0 aliphatic carbocycles. The van der Waals surface area contributed by atoms with Crippen molar-refractivity contribution in [3.8, 4) is 11.5 Å². The fourth-order valence-electron chi connectivity index (χ4n) is 11.7. The second-order valence-electron chi connectivity index (χ2n) is 23.4. The predicted octanol–water partition coefficient (Wildman–Crippen LogP) is 37.9. The van der Waals surface area contributed by atoms with Crippen molar-refractivity contribution in [2.45, 2.75) is 204 Å². The van der Waals surface area contributed by atoms with Gasteiger partial charge in [-0.1, -0.05) is 406 Å². The molecule has 0 N–H and O–H groups in total. The number of ether oxygens (including phenoxy) is 1. The van der Waals surface area contributed by atoms with E-state index >= 15 is 0 Å². The van der Waals surface area contributed by atoms with Crippen LogP contribution in [0.15, 0.2) is 430 Å². The normalized spacial score (nSPS) is 9.23. The maximum absolute atomic E-state index is 5.99. The SMILES string of the molecule is CC.CC.CC.CC.CC.CC.CC.CC.CC.CC.CC.CC.CC.CC.Cn1c2ccccc2c2ccccc21.c1ccc(N2c3ccccc3Oc3ccccc32)cc1.c1ccc(N2c3ccccc3Sc3ccccc32)cc1.c1ccc2ncccc2c1.c1ccc2ncccc2c1.c1ccc2nccnc2c1.c1ccc2nccnc2c1.c1ccncc1.c1ccnnc1. The van der Waals surface area contributed by atoms with Gasteiger partial charge in [-0.05, 0) is 158 Å². The topological polar surface area (TPSA) is 137 Å². The summed E-state index contributed by atoms with van der Waals surface area (Å²) in [4.78, 5) is 35.8. The van der Waals surface area contributed by atoms with Gasteiger partial charge >= 0.3 is 0 Å². The molecule has 134 heavy (non-hydrogen) atoms. The van der Waals surface area contributed by atoms with Crippen molar-refractivity contribution in [2.24, 2.45) is 7.05 Å². The molecule has 0 atom stereocenters. The highest BCUT2D eigenvalue weighted by molar-refractivity contribution is 7.99. The number of anilines is 6. The van der Waals surface area contributed by atoms with Gasteiger partial charge < -0.3 is 19.1 Å². The average molecular weight is 1810 g/mol. The van der Waals surface area contributed by atoms with E-state index in [1.807, 2.05) is 388 Å². The molecular weight excluding hydrogens is 1660 g/mol. The largest absolute Gasteiger partial charge is 0.453 e. The van der Waals surface area contributed by atoms with Gasteiger partial charge in [-0.2, -0.15) is 10.2 Å². The Hall–Kier alpha value is -14.1. The number of nitrogens with zero attached hydrogens (tertiary/aromatic N) is 12. The molecule has 0 spiro atoms. The highest BCUT2D eigenvalue weighted by Crippen LogP contribution is 2.52. The number of hydrogen-bond acceptors (Lipinski definition) is 13. The molecule has 0 radical (unpaired) electrons. The number of para-hydroxylation sites is 16. The highest BCUT2D eigenvalue weighted by Gasteiger charge is 2.26. The van der Waals surface area contributed by atoms with Crippen LogP contribution >= 0.6 is 11.8 Å². The summed E-state index contributed by atoms with van der Waals surface area (Å²) in [5, 5.41) is 12.1. The molecular formula is C120H156N12OS. The van der Waals surface area contributed by atoms with Crippen LogP contribution in [0.5, 0.6) is 11.5 Å². The summed E-state index contributed by atoms with van der Waals surface area (Å²) in [5.41, 5.74) is 15.5. The van der Waals surface area contributed by atoms with Crippen LogP contribution in [0.1, 0.15) is 194 Å². The highest BCUT2D eigenvalue weighted by atomic mass is 32.2. The second-order valence-corrected chi connectivity index (χ2v) is 24.5. The lowest BCUT2D eigenvalue weighted by molar-refractivity contribution is 0.477. The predicted molar refractivity (Wildman–Crippen MR) is 595 cm³/mol. The standard InChI is InChI=1S/C18H13NO.C18H13NS.C13H11N.2C9H7N.2C8H6N2.C5H5N.C4H4N2.14C2H6/c2*1-2-8-14(9-3-1)19-15-10-4-6-12-17(15)20-18-13-7-5-11-16(18)19;1-14-12-8-4-2-6-10(12)11-7-3-5-9-13(11)14;2*1-2-6-9-8(4-1)5-3-7-10-9;2*1-2-4-8-7(3-1)9-5-6-10-8;2*1-2-4-6-5-3-1;14*1-2/h2*1-13H;2-9H,1H3;2*1-7H;2*1-6H;1-5H;1-4H;14*1-2H3. The Labute approximate surface area is 812 Å². The number of pyridine rings is 3. The van der Waals surface area contributed by atoms with E-state index in [0.717, 1.165) is 61.7 Å². The lowest BCUT2D eigenvalue weighted by atomic mass is 10.1. The van der Waals surface area contributed by atoms with Gasteiger partial charge in [0.1, 0.15) is 0 Å². The van der Waals surface area contributed by atoms with E-state index in [4.69, 9.17) is 4.74 Å². The zero-order valence-electron chi connectivity index (χ0n) is 86.0. The minimum Gasteiger partial charge on any atom is -0.453 e. The van der Waals surface area contributed by atoms with Crippen LogP contribution in [0.3, 0.4) is 0 Å². The van der Waals surface area contributed by atoms with Crippen molar-refractivity contribution in [3.63, 3.8) is 0 Å². The summed E-state index contributed by atoms with van der Waals surface area (Å²) in [6.07, 6.45) is 17.2. The van der Waals surface area contributed by atoms with Crippen molar-refractivity contribution in [1.82, 2.24) is 49.7 Å². The van der Waals surface area contributed by atoms with Gasteiger partial charge in [0, 0.05) is 123 Å². The van der Waals surface area contributed by atoms with Gasteiger partial charge in [0.2, 0.25) is 0 Å². The van der Waals surface area contributed by atoms with E-state index in [2.05, 4.69) is 255 Å². The Balaban J connectivity index is 0. The molecule has 708 valence electrons. The fraction of sp³-hybridized carbons (Fsp3) is 0.242. The number of benzene rings is 12. The molecule has 21 rings (SSSR count). The zero-order valence-corrected chi connectivity index (χ0v) is 86.8. The maximum atomic E-state index is 5.99. The van der Waals surface area contributed by atoms with Crippen LogP contribution < -0.4 is 14.5 Å². The summed E-state index contributed by atoms with van der Waals surface area (Å²) in [6.45, 7) is 56.0. The Morgan fingerprint density at radius 2 is 0.448 bits per heavy atom. The third-order valence-corrected chi connectivity index (χ3v) is 17.7. The molecule has 0 bridgehead atoms. The van der Waals surface area contributed by atoms with Gasteiger partial charge in [-0.15, -0.1) is 0 Å². The monoisotopic (exact) mass is 1810 g/mol. The number of hydrogen-bond donors (Lipinski definition) is 0. The molecule has 0 saturated heterocycles. The summed E-state index contributed by atoms with van der Waals surface area (Å²) < 4.78 is 8.23. The van der Waals surface area contributed by atoms with E-state index in [1.54, 1.807) is 49.6 Å². The van der Waals surface area contributed by atoms with E-state index in [-0.39, 0.29) is 0 Å². The van der Waals surface area contributed by atoms with Crippen LogP contribution in [0.4, 0.5) is 34.1 Å². The minimum atomic E-state index is 0.884. The molecule has 7 aromatic heterocycles. The van der Waals surface area contributed by atoms with E-state index in [1.165, 1.54) is 59.4 Å². The van der Waals surface area contributed by atoms with Crippen molar-refractivity contribution >= 4 is 112 Å². The molecule has 0 unspecified atom stereocenters. The molecule has 2 aliphatic rings. The van der Waals surface area contributed by atoms with Crippen molar-refractivity contribution in [2.75, 3.05) is 9.80 Å². The molecule has 14 heteroatoms. The first-order valence-electron chi connectivity index (χ1n) is 48.4. The smallest absolute Gasteiger partial charge is 0.151 e. The maximum Gasteiger partial charge on any atom is 0.151 e. The van der Waals surface area contributed by atoms with Crippen LogP contribution in [-0.2, 0) is 7.05 Å². The first-order chi connectivity index (χ1) is 66.6. The fourth-order valence-corrected chi connectivity index (χ4v) is 12.7. The molecule has 2 aliphatic heterocycles. The third-order valence-electron chi connectivity index (χ3n) is 16.5. The summed E-state index contributed by atoms with van der Waals surface area (Å²) in [6, 6.07) is 120. The Morgan fingerprint density at radius 1 is 0.201 bits per heavy atom. The quantitative estimate of drug-likeness (QED) is 0.163. The van der Waals surface area contributed by atoms with Gasteiger partial charge in [0.05, 0.1) is 55.8 Å². The average Bonchev–Trinajstić information content (AvgIpc) is 1.21. The molecule has 0 saturated carbocycles. The van der Waals surface area contributed by atoms with Gasteiger partial charge in [-0.25, -0.2) is 0 Å². The molecule has 0 fully saturated rings. The minimum absolute atomic E-state index is 0.884. The van der Waals surface area contributed by atoms with Crippen molar-refractivity contribution in [3.05, 3.63) is 420 Å². The van der Waals surface area contributed by atoms with Gasteiger partial charge in [-0.3, -0.25) is 34.9 Å². The number of aromatic nitrogens is 10. The summed E-state index contributed by atoms with van der Waals surface area (Å²) in [5.74, 6) is 1.77. The summed E-state index contributed by atoms with van der Waals surface area (Å²) >= 11 is 1.84. The van der Waals surface area contributed by atoms with Crippen molar-refractivity contribution in [1.29, 1.82) is 0 Å². The number of rotatable bonds is 2. The van der Waals surface area contributed by atoms with Crippen LogP contribution in [-0.4, -0.2) is 49.7 Å². The molecule has 19 aromatic rings. The van der Waals surface area contributed by atoms with E-state index < -0.39 is 0 Å². The number of fused-ring (bicyclic) bond motifs is 11. The Bertz CT molecular complexity index is 4980. The van der Waals surface area contributed by atoms with Crippen LogP contribution in [0, 0.1) is 0 Å². The Morgan fingerprint density at radius 3 is 0.754 bits per heavy atom. The molecule has 0 amide bonds. The molecule has 9 heterocycles. The first kappa shape index (κ1) is 122. The molecule has 13 nitrogen and oxygen atoms in total. The zero-order chi connectivity index (χ0) is 100. The number of aryl methyl sites for hydroxylation is 1. The lowest BCUT2D eigenvalue weighted by Gasteiger charge is -2.32. The van der Waals surface area contributed by atoms with Gasteiger partial charge in [0.15, 0.2) is 11.5 Å². The van der Waals surface area contributed by atoms with E-state index in [0.29, 0.717) is 0 Å².